The van der Waals surface area contributed by atoms with Gasteiger partial charge in [-0.15, -0.1) is 0 Å². The van der Waals surface area contributed by atoms with Crippen LogP contribution in [0.4, 0.5) is 0 Å². The molecule has 19 heteroatoms. The van der Waals surface area contributed by atoms with Gasteiger partial charge in [0.1, 0.15) is 48.8 Å². The zero-order valence-corrected chi connectivity index (χ0v) is 42.9. The van der Waals surface area contributed by atoms with Crippen molar-refractivity contribution < 1.29 is 90.3 Å². The van der Waals surface area contributed by atoms with Crippen LogP contribution < -0.4 is 0 Å². The first-order chi connectivity index (χ1) is 33.5. The predicted molar refractivity (Wildman–Crippen MR) is 241 cm³/mol. The van der Waals surface area contributed by atoms with Crippen molar-refractivity contribution in [1.82, 2.24) is 0 Å². The molecule has 6 saturated heterocycles. The van der Waals surface area contributed by atoms with Crippen LogP contribution in [-0.2, 0) is 90.3 Å². The number of hydrogen-bond donors (Lipinski definition) is 0. The minimum Gasteiger partial charge on any atom is -0.465 e. The van der Waals surface area contributed by atoms with Crippen molar-refractivity contribution in [2.45, 2.75) is 206 Å². The Kier molecular flexibility index (Phi) is 13.0. The lowest BCUT2D eigenvalue weighted by molar-refractivity contribution is -0.304. The average Bonchev–Trinajstić information content (AvgIpc) is 4.06. The monoisotopic (exact) mass is 1000 g/mol. The molecule has 0 aromatic rings. The summed E-state index contributed by atoms with van der Waals surface area (Å²) in [6.45, 7) is 17.4. The summed E-state index contributed by atoms with van der Waals surface area (Å²) in [5.74, 6) is -3.05. The molecular formula is C52H74O19. The molecule has 10 aliphatic rings. The summed E-state index contributed by atoms with van der Waals surface area (Å²) in [5.41, 5.74) is -5.07. The van der Waals surface area contributed by atoms with Crippen LogP contribution in [0.25, 0.3) is 0 Å². The second-order valence-electron chi connectivity index (χ2n) is 23.4. The van der Waals surface area contributed by atoms with Gasteiger partial charge in [-0.3, -0.25) is 28.8 Å². The van der Waals surface area contributed by atoms with Gasteiger partial charge in [0.2, 0.25) is 0 Å². The molecule has 4 aliphatic carbocycles. The largest absolute Gasteiger partial charge is 0.465 e. The molecule has 396 valence electrons. The van der Waals surface area contributed by atoms with Gasteiger partial charge in [0.15, 0.2) is 25.2 Å². The Morgan fingerprint density at radius 3 is 1.13 bits per heavy atom. The highest BCUT2D eigenvalue weighted by atomic mass is 16.8. The number of hydrogen-bond acceptors (Lipinski definition) is 19. The first-order valence-corrected chi connectivity index (χ1v) is 26.0. The third-order valence-corrected chi connectivity index (χ3v) is 20.0. The zero-order valence-electron chi connectivity index (χ0n) is 42.9. The van der Waals surface area contributed by atoms with Gasteiger partial charge in [0.05, 0.1) is 36.3 Å². The van der Waals surface area contributed by atoms with Gasteiger partial charge in [0, 0.05) is 77.0 Å². The summed E-state index contributed by atoms with van der Waals surface area (Å²) in [6, 6.07) is 0. The molecule has 0 radical (unpaired) electrons. The van der Waals surface area contributed by atoms with E-state index in [0.717, 1.165) is 0 Å². The summed E-state index contributed by atoms with van der Waals surface area (Å²) in [6.07, 6.45) is 0.481. The maximum absolute atomic E-state index is 12.8. The lowest BCUT2D eigenvalue weighted by Gasteiger charge is -2.64. The van der Waals surface area contributed by atoms with E-state index in [0.29, 0.717) is 64.2 Å². The average molecular weight is 1000 g/mol. The van der Waals surface area contributed by atoms with Crippen LogP contribution in [0.2, 0.25) is 0 Å². The van der Waals surface area contributed by atoms with Gasteiger partial charge >= 0.3 is 35.8 Å². The van der Waals surface area contributed by atoms with Crippen molar-refractivity contribution in [3.63, 3.8) is 0 Å². The van der Waals surface area contributed by atoms with Gasteiger partial charge in [-0.05, 0) is 75.0 Å². The van der Waals surface area contributed by atoms with Gasteiger partial charge in [-0.25, -0.2) is 0 Å². The molecule has 0 amide bonds. The molecule has 0 aromatic carbocycles. The molecule has 2 spiro atoms. The van der Waals surface area contributed by atoms with E-state index in [2.05, 4.69) is 27.7 Å². The van der Waals surface area contributed by atoms with Crippen LogP contribution in [0.3, 0.4) is 0 Å². The molecule has 0 bridgehead atoms. The number of rotatable bonds is 12. The Balaban J connectivity index is 0.819. The van der Waals surface area contributed by atoms with E-state index in [9.17, 15) is 28.8 Å². The summed E-state index contributed by atoms with van der Waals surface area (Å²) in [7, 11) is 0. The maximum atomic E-state index is 12.8. The molecule has 10 rings (SSSR count). The van der Waals surface area contributed by atoms with E-state index >= 15 is 0 Å². The molecule has 22 atom stereocenters. The number of ether oxygens (including phenoxy) is 13. The highest BCUT2D eigenvalue weighted by Gasteiger charge is 2.82. The number of epoxide rings is 2. The van der Waals surface area contributed by atoms with E-state index in [1.54, 1.807) is 0 Å². The Labute approximate surface area is 415 Å². The molecule has 0 N–H and O–H groups in total. The molecule has 6 aliphatic heterocycles. The lowest BCUT2D eigenvalue weighted by Crippen LogP contribution is -2.72. The van der Waals surface area contributed by atoms with E-state index in [-0.39, 0.29) is 74.1 Å². The van der Waals surface area contributed by atoms with E-state index < -0.39 is 118 Å². The molecule has 71 heavy (non-hydrogen) atoms. The second kappa shape index (κ2) is 18.1. The molecule has 4 saturated carbocycles. The third-order valence-electron chi connectivity index (χ3n) is 20.0. The van der Waals surface area contributed by atoms with Crippen molar-refractivity contribution in [2.75, 3.05) is 26.4 Å². The van der Waals surface area contributed by atoms with Gasteiger partial charge in [-0.2, -0.15) is 0 Å². The van der Waals surface area contributed by atoms with Crippen molar-refractivity contribution in [1.29, 1.82) is 0 Å². The van der Waals surface area contributed by atoms with Gasteiger partial charge in [0.25, 0.3) is 0 Å². The van der Waals surface area contributed by atoms with Gasteiger partial charge < -0.3 is 61.6 Å². The molecule has 10 fully saturated rings. The van der Waals surface area contributed by atoms with Crippen molar-refractivity contribution in [3.05, 3.63) is 0 Å². The fourth-order valence-corrected chi connectivity index (χ4v) is 16.6. The predicted octanol–water partition coefficient (Wildman–Crippen LogP) is 5.23. The Morgan fingerprint density at radius 2 is 0.817 bits per heavy atom. The fraction of sp³-hybridized carbons (Fsp3) is 0.885. The first-order valence-electron chi connectivity index (χ1n) is 26.0. The van der Waals surface area contributed by atoms with Crippen molar-refractivity contribution in [2.24, 2.45) is 57.2 Å². The van der Waals surface area contributed by atoms with E-state index in [1.807, 2.05) is 0 Å². The van der Waals surface area contributed by atoms with Crippen LogP contribution in [-0.4, -0.2) is 135 Å². The molecule has 6 heterocycles. The number of carbonyl (C=O) groups excluding carboxylic acids is 6. The lowest BCUT2D eigenvalue weighted by atomic mass is 9.42. The van der Waals surface area contributed by atoms with E-state index in [4.69, 9.17) is 61.6 Å². The summed E-state index contributed by atoms with van der Waals surface area (Å²) in [4.78, 5) is 75.4. The zero-order chi connectivity index (χ0) is 50.8. The Hall–Kier alpha value is -3.46. The smallest absolute Gasteiger partial charge is 0.303 e. The molecule has 19 nitrogen and oxygen atoms in total. The van der Waals surface area contributed by atoms with Crippen LogP contribution >= 0.6 is 0 Å². The molecule has 22 unspecified atom stereocenters. The Morgan fingerprint density at radius 1 is 0.465 bits per heavy atom. The number of fused-ring (bicyclic) bond motifs is 6. The van der Waals surface area contributed by atoms with Gasteiger partial charge in [-0.1, -0.05) is 27.7 Å². The highest BCUT2D eigenvalue weighted by Crippen LogP contribution is 2.73. The van der Waals surface area contributed by atoms with Crippen LogP contribution in [0.5, 0.6) is 0 Å². The number of carbonyl (C=O) groups is 6. The summed E-state index contributed by atoms with van der Waals surface area (Å²) in [5, 5.41) is 0. The van der Waals surface area contributed by atoms with Crippen LogP contribution in [0.15, 0.2) is 0 Å². The highest BCUT2D eigenvalue weighted by molar-refractivity contribution is 5.69. The minimum atomic E-state index is -1.01. The number of esters is 6. The first kappa shape index (κ1) is 51.0. The molecular weight excluding hydrogens is 929 g/mol. The van der Waals surface area contributed by atoms with E-state index in [1.165, 1.54) is 41.5 Å². The van der Waals surface area contributed by atoms with Crippen molar-refractivity contribution in [3.8, 4) is 0 Å². The topological polar surface area (TPSA) is 229 Å². The maximum Gasteiger partial charge on any atom is 0.303 e. The summed E-state index contributed by atoms with van der Waals surface area (Å²) >= 11 is 0. The van der Waals surface area contributed by atoms with Crippen LogP contribution in [0.1, 0.15) is 133 Å². The summed E-state index contributed by atoms with van der Waals surface area (Å²) < 4.78 is 82.2. The SMILES string of the molecule is CC(=O)OCC12C(OC(C)=O)CC(C)C(C)(C3CC4CC(OC5CC6CC(C7(C)C(C)CC(OC(C)=O)C8(COC(C)=O)C7CCC(OC(C)=O)C87CO7)OC6O5)OC4O3)C1CCC(OC(C)=O)C21CO1. The fourth-order valence-electron chi connectivity index (χ4n) is 16.6. The quantitative estimate of drug-likeness (QED) is 0.138. The third kappa shape index (κ3) is 7.97. The minimum absolute atomic E-state index is 0.00719. The standard InChI is InChI=1S/C52H74O19/c1-25-15-41(65-31(7)57)49(21-59-27(3)53)35(11-13-37(63-29(5)55)51(49)23-61-51)47(25,9)39-17-33-19-43(70-45(33)67-39)69-44-20-34-18-40(68-46(34)71-44)48(10)26(2)16-42(66-32(8)58)50(22-60-28(4)54)36(48)12-14-38(64-30(6)56)52(50)24-62-52/h25-26,33-46H,11-24H2,1-10H3. The van der Waals surface area contributed by atoms with Crippen LogP contribution in [0, 0.1) is 57.2 Å². The normalized spacial score (nSPS) is 49.9. The second-order valence-corrected chi connectivity index (χ2v) is 23.4. The Bertz CT molecular complexity index is 1970. The van der Waals surface area contributed by atoms with Crippen molar-refractivity contribution >= 4 is 35.8 Å². The molecule has 0 aromatic heterocycles.